The molecule has 2 N–H and O–H groups in total. The van der Waals surface area contributed by atoms with Crippen LogP contribution in [-0.2, 0) is 4.79 Å². The van der Waals surface area contributed by atoms with Gasteiger partial charge in [-0.05, 0) is 6.42 Å². The molecule has 0 saturated carbocycles. The lowest BCUT2D eigenvalue weighted by atomic mass is 10.2. The van der Waals surface area contributed by atoms with E-state index in [1.807, 2.05) is 0 Å². The van der Waals surface area contributed by atoms with Gasteiger partial charge in [0.25, 0.3) is 0 Å². The van der Waals surface area contributed by atoms with Gasteiger partial charge in [0, 0.05) is 13.5 Å². The fourth-order valence-electron chi connectivity index (χ4n) is 0.827. The summed E-state index contributed by atoms with van der Waals surface area (Å²) in [5.74, 6) is -0.0273. The van der Waals surface area contributed by atoms with Gasteiger partial charge in [0.15, 0.2) is 0 Å². The van der Waals surface area contributed by atoms with Gasteiger partial charge in [0.05, 0.1) is 0 Å². The van der Waals surface area contributed by atoms with Gasteiger partial charge in [0.2, 0.25) is 5.91 Å². The number of carbonyl (C=O) groups excluding carboxylic acids is 1. The number of hydrogen-bond acceptors (Lipinski definition) is 2. The smallest absolute Gasteiger partial charge is 0.230 e. The molecule has 0 aromatic rings. The van der Waals surface area contributed by atoms with Crippen LogP contribution in [0.15, 0.2) is 0 Å². The van der Waals surface area contributed by atoms with E-state index in [4.69, 9.17) is 0 Å². The highest BCUT2D eigenvalue weighted by atomic mass is 16.2. The predicted molar refractivity (Wildman–Crippen MR) is 46.0 cm³/mol. The minimum Gasteiger partial charge on any atom is -0.292 e. The summed E-state index contributed by atoms with van der Waals surface area (Å²) in [6.45, 7) is 4.56. The summed E-state index contributed by atoms with van der Waals surface area (Å²) in [5, 5.41) is 0. The van der Waals surface area contributed by atoms with Crippen molar-refractivity contribution in [1.82, 2.24) is 10.9 Å². The highest BCUT2D eigenvalue weighted by molar-refractivity contribution is 5.72. The molecule has 0 radical (unpaired) electrons. The zero-order valence-corrected chi connectivity index (χ0v) is 7.44. The molecule has 0 atom stereocenters. The molecular formula is C8H18N2O. The van der Waals surface area contributed by atoms with Crippen molar-refractivity contribution in [2.45, 2.75) is 39.5 Å². The van der Waals surface area contributed by atoms with Crippen molar-refractivity contribution in [3.8, 4) is 0 Å². The number of unbranched alkanes of at least 4 members (excludes halogenated alkanes) is 3. The predicted octanol–water partition coefficient (Wildman–Crippen LogP) is 1.21. The first kappa shape index (κ1) is 10.4. The molecule has 0 aliphatic heterocycles. The highest BCUT2D eigenvalue weighted by Gasteiger charge is 1.88. The first-order valence-corrected chi connectivity index (χ1v) is 4.26. The van der Waals surface area contributed by atoms with Crippen LogP contribution in [0, 0.1) is 0 Å². The molecule has 0 unspecified atom stereocenters. The second kappa shape index (κ2) is 7.54. The molecule has 0 aliphatic carbocycles. The van der Waals surface area contributed by atoms with Crippen molar-refractivity contribution in [3.05, 3.63) is 0 Å². The Hall–Kier alpha value is -0.570. The summed E-state index contributed by atoms with van der Waals surface area (Å²) < 4.78 is 0. The van der Waals surface area contributed by atoms with Crippen molar-refractivity contribution < 1.29 is 4.79 Å². The van der Waals surface area contributed by atoms with Crippen LogP contribution in [0.25, 0.3) is 0 Å². The molecule has 66 valence electrons. The number of hydrogen-bond donors (Lipinski definition) is 2. The van der Waals surface area contributed by atoms with E-state index in [0.717, 1.165) is 13.0 Å². The van der Waals surface area contributed by atoms with E-state index in [9.17, 15) is 4.79 Å². The number of carbonyl (C=O) groups is 1. The molecule has 0 bridgehead atoms. The van der Waals surface area contributed by atoms with Crippen LogP contribution in [0.1, 0.15) is 39.5 Å². The number of amides is 1. The van der Waals surface area contributed by atoms with Crippen molar-refractivity contribution in [2.75, 3.05) is 6.54 Å². The van der Waals surface area contributed by atoms with Crippen LogP contribution >= 0.6 is 0 Å². The van der Waals surface area contributed by atoms with Gasteiger partial charge in [0.1, 0.15) is 0 Å². The van der Waals surface area contributed by atoms with Crippen molar-refractivity contribution in [1.29, 1.82) is 0 Å². The van der Waals surface area contributed by atoms with E-state index in [-0.39, 0.29) is 5.91 Å². The Morgan fingerprint density at radius 1 is 1.27 bits per heavy atom. The number of nitrogens with one attached hydrogen (secondary N) is 2. The number of hydrazine groups is 1. The lowest BCUT2D eigenvalue weighted by Gasteiger charge is -2.03. The van der Waals surface area contributed by atoms with Gasteiger partial charge in [-0.1, -0.05) is 26.2 Å². The maximum atomic E-state index is 10.4. The monoisotopic (exact) mass is 158 g/mol. The molecule has 1 amide bonds. The van der Waals surface area contributed by atoms with Gasteiger partial charge in [-0.2, -0.15) is 0 Å². The molecule has 0 rings (SSSR count). The van der Waals surface area contributed by atoms with Crippen LogP contribution in [0.2, 0.25) is 0 Å². The fourth-order valence-corrected chi connectivity index (χ4v) is 0.827. The maximum Gasteiger partial charge on any atom is 0.230 e. The molecule has 0 aromatic carbocycles. The summed E-state index contributed by atoms with van der Waals surface area (Å²) in [4.78, 5) is 10.4. The molecule has 0 fully saturated rings. The summed E-state index contributed by atoms with van der Waals surface area (Å²) >= 11 is 0. The second-order valence-electron chi connectivity index (χ2n) is 2.67. The maximum absolute atomic E-state index is 10.4. The Balaban J connectivity index is 2.85. The molecule has 0 heterocycles. The molecule has 3 heteroatoms. The van der Waals surface area contributed by atoms with Crippen LogP contribution in [0.5, 0.6) is 0 Å². The molecule has 0 aromatic heterocycles. The van der Waals surface area contributed by atoms with Gasteiger partial charge in [-0.25, -0.2) is 5.43 Å². The average Bonchev–Trinajstić information content (AvgIpc) is 1.96. The van der Waals surface area contributed by atoms with Gasteiger partial charge >= 0.3 is 0 Å². The summed E-state index contributed by atoms with van der Waals surface area (Å²) in [6, 6.07) is 0. The van der Waals surface area contributed by atoms with Crippen LogP contribution in [0.4, 0.5) is 0 Å². The first-order valence-electron chi connectivity index (χ1n) is 4.26. The van der Waals surface area contributed by atoms with Crippen LogP contribution in [-0.4, -0.2) is 12.5 Å². The van der Waals surface area contributed by atoms with Crippen molar-refractivity contribution in [2.24, 2.45) is 0 Å². The molecular weight excluding hydrogens is 140 g/mol. The molecule has 0 spiro atoms. The van der Waals surface area contributed by atoms with Crippen LogP contribution < -0.4 is 10.9 Å². The zero-order valence-electron chi connectivity index (χ0n) is 7.44. The van der Waals surface area contributed by atoms with Gasteiger partial charge in [-0.3, -0.25) is 10.2 Å². The minimum absolute atomic E-state index is 0.0273. The molecule has 11 heavy (non-hydrogen) atoms. The summed E-state index contributed by atoms with van der Waals surface area (Å²) in [6.07, 6.45) is 4.90. The van der Waals surface area contributed by atoms with E-state index in [1.165, 1.54) is 26.2 Å². The van der Waals surface area contributed by atoms with Crippen molar-refractivity contribution in [3.63, 3.8) is 0 Å². The Morgan fingerprint density at radius 3 is 2.55 bits per heavy atom. The average molecular weight is 158 g/mol. The van der Waals surface area contributed by atoms with E-state index in [2.05, 4.69) is 17.8 Å². The minimum atomic E-state index is -0.0273. The Bertz CT molecular complexity index is 104. The highest BCUT2D eigenvalue weighted by Crippen LogP contribution is 1.96. The van der Waals surface area contributed by atoms with Crippen molar-refractivity contribution >= 4 is 5.91 Å². The Kier molecular flexibility index (Phi) is 7.15. The van der Waals surface area contributed by atoms with Gasteiger partial charge in [-0.15, -0.1) is 0 Å². The van der Waals surface area contributed by atoms with E-state index >= 15 is 0 Å². The Morgan fingerprint density at radius 2 is 2.00 bits per heavy atom. The quantitative estimate of drug-likeness (QED) is 0.450. The third-order valence-corrected chi connectivity index (χ3v) is 1.42. The van der Waals surface area contributed by atoms with E-state index < -0.39 is 0 Å². The van der Waals surface area contributed by atoms with E-state index in [0.29, 0.717) is 0 Å². The SMILES string of the molecule is CCCCCCNNC(C)=O. The van der Waals surface area contributed by atoms with Crippen LogP contribution in [0.3, 0.4) is 0 Å². The normalized spacial score (nSPS) is 9.64. The topological polar surface area (TPSA) is 41.1 Å². The largest absolute Gasteiger partial charge is 0.292 e. The zero-order chi connectivity index (χ0) is 8.53. The molecule has 3 nitrogen and oxygen atoms in total. The lowest BCUT2D eigenvalue weighted by molar-refractivity contribution is -0.119. The third-order valence-electron chi connectivity index (χ3n) is 1.42. The fraction of sp³-hybridized carbons (Fsp3) is 0.875. The molecule has 0 saturated heterocycles. The van der Waals surface area contributed by atoms with Gasteiger partial charge < -0.3 is 0 Å². The van der Waals surface area contributed by atoms with E-state index in [1.54, 1.807) is 0 Å². The molecule has 0 aliphatic rings. The lowest BCUT2D eigenvalue weighted by Crippen LogP contribution is -2.36. The number of rotatable bonds is 6. The third kappa shape index (κ3) is 9.43. The first-order chi connectivity index (χ1) is 5.27. The summed E-state index contributed by atoms with van der Waals surface area (Å²) in [5.41, 5.74) is 5.38. The Labute approximate surface area is 68.5 Å². The second-order valence-corrected chi connectivity index (χ2v) is 2.67. The standard InChI is InChI=1S/C8H18N2O/c1-3-4-5-6-7-9-10-8(2)11/h9H,3-7H2,1-2H3,(H,10,11). The summed E-state index contributed by atoms with van der Waals surface area (Å²) in [7, 11) is 0.